The van der Waals surface area contributed by atoms with Crippen LogP contribution in [-0.2, 0) is 18.9 Å². The highest BCUT2D eigenvalue weighted by Crippen LogP contribution is 2.35. The van der Waals surface area contributed by atoms with Gasteiger partial charge in [0, 0.05) is 42.3 Å². The van der Waals surface area contributed by atoms with Crippen molar-refractivity contribution in [1.29, 1.82) is 0 Å². The third-order valence-corrected chi connectivity index (χ3v) is 5.47. The van der Waals surface area contributed by atoms with Gasteiger partial charge in [0.15, 0.2) is 0 Å². The van der Waals surface area contributed by atoms with E-state index in [2.05, 4.69) is 10.1 Å². The van der Waals surface area contributed by atoms with Crippen molar-refractivity contribution in [2.45, 2.75) is 11.9 Å². The molecule has 1 aliphatic heterocycles. The van der Waals surface area contributed by atoms with Crippen LogP contribution in [0.4, 0.5) is 4.39 Å². The predicted molar refractivity (Wildman–Crippen MR) is 113 cm³/mol. The molecule has 0 fully saturated rings. The van der Waals surface area contributed by atoms with Crippen molar-refractivity contribution >= 4 is 32.5 Å². The number of aromatic nitrogens is 3. The Bertz CT molecular complexity index is 1320. The van der Waals surface area contributed by atoms with Crippen molar-refractivity contribution in [3.05, 3.63) is 83.6 Å². The van der Waals surface area contributed by atoms with Gasteiger partial charge in [0.05, 0.1) is 32.5 Å². The maximum atomic E-state index is 15.0. The largest absolute Gasteiger partial charge is 0.340 e. The van der Waals surface area contributed by atoms with E-state index in [0.29, 0.717) is 11.1 Å². The molecular weight excluding hydrogens is 377 g/mol. The van der Waals surface area contributed by atoms with E-state index in [1.807, 2.05) is 37.5 Å². The Morgan fingerprint density at radius 2 is 1.90 bits per heavy atom. The monoisotopic (exact) mass is 392 g/mol. The van der Waals surface area contributed by atoms with Gasteiger partial charge in [0.2, 0.25) is 0 Å². The second-order valence-electron chi connectivity index (χ2n) is 7.46. The van der Waals surface area contributed by atoms with Crippen molar-refractivity contribution in [3.8, 4) is 11.1 Å². The number of aryl methyl sites for hydroxylation is 1. The highest BCUT2D eigenvalue weighted by molar-refractivity contribution is 6.42. The van der Waals surface area contributed by atoms with E-state index >= 15 is 4.39 Å². The summed E-state index contributed by atoms with van der Waals surface area (Å²) in [5, 5.41) is 3.74. The standard InChI is InChI=1S/C22H15B2FN4O/c1-28-12-17-15(4-2-6-19(17)27-28)13-7-8-14(18(25)10-13)11-29-21(30)16-5-3-9-26-20(16)22(29,23)24/h2-10,12H,11H2,1H3. The Kier molecular flexibility index (Phi) is 4.07. The molecule has 0 unspecified atom stereocenters. The van der Waals surface area contributed by atoms with Gasteiger partial charge in [0.1, 0.15) is 5.82 Å². The minimum absolute atomic E-state index is 0.0641. The fourth-order valence-corrected chi connectivity index (χ4v) is 3.97. The highest BCUT2D eigenvalue weighted by Gasteiger charge is 2.43. The molecule has 0 atom stereocenters. The van der Waals surface area contributed by atoms with Crippen molar-refractivity contribution in [3.63, 3.8) is 0 Å². The number of carbonyl (C=O) groups excluding carboxylic acids is 1. The zero-order valence-corrected chi connectivity index (χ0v) is 16.2. The topological polar surface area (TPSA) is 51.0 Å². The first kappa shape index (κ1) is 18.6. The summed E-state index contributed by atoms with van der Waals surface area (Å²) in [6.07, 6.45) is 3.43. The molecule has 142 valence electrons. The van der Waals surface area contributed by atoms with E-state index in [0.717, 1.165) is 22.0 Å². The van der Waals surface area contributed by atoms with Gasteiger partial charge >= 0.3 is 0 Å². The van der Waals surface area contributed by atoms with Gasteiger partial charge in [-0.3, -0.25) is 14.5 Å². The summed E-state index contributed by atoms with van der Waals surface area (Å²) in [6.45, 7) is -0.0641. The van der Waals surface area contributed by atoms with Gasteiger partial charge < -0.3 is 4.90 Å². The molecule has 1 amide bonds. The molecule has 0 spiro atoms. The van der Waals surface area contributed by atoms with Gasteiger partial charge in [-0.15, -0.1) is 0 Å². The van der Waals surface area contributed by atoms with Gasteiger partial charge in [-0.25, -0.2) is 4.39 Å². The van der Waals surface area contributed by atoms with Crippen LogP contribution in [0.3, 0.4) is 0 Å². The second-order valence-corrected chi connectivity index (χ2v) is 7.46. The number of carbonyl (C=O) groups is 1. The molecule has 30 heavy (non-hydrogen) atoms. The van der Waals surface area contributed by atoms with Crippen molar-refractivity contribution in [2.75, 3.05) is 0 Å². The number of pyridine rings is 1. The number of nitrogens with zero attached hydrogens (tertiary/aromatic N) is 4. The number of amides is 1. The molecule has 3 heterocycles. The maximum Gasteiger partial charge on any atom is 0.255 e. The molecule has 0 N–H and O–H groups in total. The lowest BCUT2D eigenvalue weighted by atomic mass is 9.59. The lowest BCUT2D eigenvalue weighted by Gasteiger charge is -2.33. The van der Waals surface area contributed by atoms with Crippen LogP contribution in [0.1, 0.15) is 21.6 Å². The molecule has 5 nitrogen and oxygen atoms in total. The van der Waals surface area contributed by atoms with Crippen LogP contribution >= 0.6 is 0 Å². The number of hydrogen-bond donors (Lipinski definition) is 0. The molecule has 4 radical (unpaired) electrons. The third kappa shape index (κ3) is 2.75. The minimum Gasteiger partial charge on any atom is -0.340 e. The number of rotatable bonds is 3. The zero-order valence-electron chi connectivity index (χ0n) is 16.2. The van der Waals surface area contributed by atoms with Gasteiger partial charge in [0.25, 0.3) is 5.91 Å². The van der Waals surface area contributed by atoms with Gasteiger partial charge in [-0.1, -0.05) is 24.3 Å². The summed E-state index contributed by atoms with van der Waals surface area (Å²) in [7, 11) is 14.2. The number of halogens is 1. The maximum absolute atomic E-state index is 15.0. The number of benzene rings is 2. The Morgan fingerprint density at radius 1 is 1.10 bits per heavy atom. The molecule has 8 heteroatoms. The second kappa shape index (κ2) is 6.55. The molecule has 2 aromatic carbocycles. The SMILES string of the molecule is [B]C1([B])c2ncccc2C(=O)N1Cc1ccc(-c2cccc3nn(C)cc23)cc1F. The lowest BCUT2D eigenvalue weighted by molar-refractivity contribution is 0.0729. The summed E-state index contributed by atoms with van der Waals surface area (Å²) in [6, 6.07) is 13.9. The van der Waals surface area contributed by atoms with Crippen LogP contribution < -0.4 is 0 Å². The van der Waals surface area contributed by atoms with Crippen LogP contribution in [0.5, 0.6) is 0 Å². The van der Waals surface area contributed by atoms with E-state index < -0.39 is 11.2 Å². The summed E-state index contributed by atoms with van der Waals surface area (Å²) >= 11 is 0. The van der Waals surface area contributed by atoms with Crippen molar-refractivity contribution in [2.24, 2.45) is 7.05 Å². The zero-order chi connectivity index (χ0) is 21.0. The Hall–Kier alpha value is -3.41. The fraction of sp³-hybridized carbons (Fsp3) is 0.136. The average molecular weight is 392 g/mol. The van der Waals surface area contributed by atoms with Crippen LogP contribution in [0.25, 0.3) is 22.0 Å². The minimum atomic E-state index is -1.60. The van der Waals surface area contributed by atoms with Gasteiger partial charge in [-0.2, -0.15) is 5.10 Å². The van der Waals surface area contributed by atoms with E-state index in [4.69, 9.17) is 15.7 Å². The van der Waals surface area contributed by atoms with Crippen molar-refractivity contribution < 1.29 is 9.18 Å². The first-order chi connectivity index (χ1) is 14.4. The first-order valence-corrected chi connectivity index (χ1v) is 9.42. The summed E-state index contributed by atoms with van der Waals surface area (Å²) < 4.78 is 16.8. The summed E-state index contributed by atoms with van der Waals surface area (Å²) in [4.78, 5) is 18.1. The molecule has 2 aromatic heterocycles. The Balaban J connectivity index is 1.50. The molecule has 1 aliphatic rings. The fourth-order valence-electron chi connectivity index (χ4n) is 3.97. The van der Waals surface area contributed by atoms with Crippen molar-refractivity contribution in [1.82, 2.24) is 19.7 Å². The summed E-state index contributed by atoms with van der Waals surface area (Å²) in [5.41, 5.74) is 3.38. The summed E-state index contributed by atoms with van der Waals surface area (Å²) in [5.74, 6) is -0.812. The predicted octanol–water partition coefficient (Wildman–Crippen LogP) is 2.88. The van der Waals surface area contributed by atoms with Crippen LogP contribution in [0, 0.1) is 5.82 Å². The molecule has 4 aromatic rings. The third-order valence-electron chi connectivity index (χ3n) is 5.47. The van der Waals surface area contributed by atoms with Gasteiger partial charge in [-0.05, 0) is 35.4 Å². The Morgan fingerprint density at radius 3 is 2.67 bits per heavy atom. The average Bonchev–Trinajstić information content (AvgIpc) is 3.19. The molecule has 0 saturated carbocycles. The normalized spacial score (nSPS) is 15.0. The molecule has 5 rings (SSSR count). The Labute approximate surface area is 175 Å². The quantitative estimate of drug-likeness (QED) is 0.504. The van der Waals surface area contributed by atoms with E-state index in [1.54, 1.807) is 22.9 Å². The number of hydrogen-bond acceptors (Lipinski definition) is 3. The van der Waals surface area contributed by atoms with Crippen LogP contribution in [0.2, 0.25) is 0 Å². The van der Waals surface area contributed by atoms with E-state index in [1.165, 1.54) is 17.2 Å². The van der Waals surface area contributed by atoms with E-state index in [-0.39, 0.29) is 18.1 Å². The van der Waals surface area contributed by atoms with Crippen LogP contribution in [0.15, 0.2) is 60.9 Å². The van der Waals surface area contributed by atoms with E-state index in [9.17, 15) is 4.79 Å². The molecular formula is C22H15B2FN4O. The molecule has 0 saturated heterocycles. The molecule has 0 bridgehead atoms. The first-order valence-electron chi connectivity index (χ1n) is 9.42. The number of fused-ring (bicyclic) bond motifs is 2. The van der Waals surface area contributed by atoms with Crippen LogP contribution in [-0.4, -0.2) is 41.3 Å². The smallest absolute Gasteiger partial charge is 0.255 e. The highest BCUT2D eigenvalue weighted by atomic mass is 19.1. The lowest BCUT2D eigenvalue weighted by Crippen LogP contribution is -2.44. The molecule has 0 aliphatic carbocycles.